The molecule has 0 aromatic carbocycles. The smallest absolute Gasteiger partial charge is 0.407 e. The van der Waals surface area contributed by atoms with Gasteiger partial charge in [0.2, 0.25) is 5.88 Å². The molecule has 0 spiro atoms. The minimum atomic E-state index is -0.505. The Balaban J connectivity index is 1.42. The number of esters is 1. The lowest BCUT2D eigenvalue weighted by Gasteiger charge is -2.30. The predicted octanol–water partition coefficient (Wildman–Crippen LogP) is 4.89. The number of fused-ring (bicyclic) bond motifs is 3. The van der Waals surface area contributed by atoms with Crippen LogP contribution in [0.1, 0.15) is 82.6 Å². The fourth-order valence-electron chi connectivity index (χ4n) is 4.71. The first kappa shape index (κ1) is 23.7. The number of hydrogen-bond acceptors (Lipinski definition) is 8. The van der Waals surface area contributed by atoms with Crippen molar-refractivity contribution in [3.05, 3.63) is 16.8 Å². The highest BCUT2D eigenvalue weighted by molar-refractivity contribution is 7.19. The lowest BCUT2D eigenvalue weighted by atomic mass is 9.93. The van der Waals surface area contributed by atoms with Gasteiger partial charge in [-0.15, -0.1) is 11.3 Å². The molecule has 1 atom stereocenters. The van der Waals surface area contributed by atoms with Crippen LogP contribution in [-0.2, 0) is 20.7 Å². The zero-order valence-electron chi connectivity index (χ0n) is 19.8. The maximum Gasteiger partial charge on any atom is 0.407 e. The number of nitrogens with zero attached hydrogens (tertiary/aromatic N) is 2. The first-order chi connectivity index (χ1) is 15.7. The van der Waals surface area contributed by atoms with Crippen molar-refractivity contribution >= 4 is 33.6 Å². The van der Waals surface area contributed by atoms with Gasteiger partial charge < -0.3 is 19.5 Å². The number of amides is 1. The van der Waals surface area contributed by atoms with E-state index in [1.807, 2.05) is 27.7 Å². The van der Waals surface area contributed by atoms with Gasteiger partial charge in [0.15, 0.2) is 0 Å². The summed E-state index contributed by atoms with van der Waals surface area (Å²) in [5, 5.41) is 3.93. The van der Waals surface area contributed by atoms with Crippen LogP contribution in [-0.4, -0.2) is 46.4 Å². The summed E-state index contributed by atoms with van der Waals surface area (Å²) in [6.45, 7) is 7.80. The minimum absolute atomic E-state index is 0.0280. The first-order valence-corrected chi connectivity index (χ1v) is 12.6. The van der Waals surface area contributed by atoms with Gasteiger partial charge in [-0.2, -0.15) is 0 Å². The van der Waals surface area contributed by atoms with Crippen molar-refractivity contribution in [2.75, 3.05) is 6.61 Å². The molecule has 1 amide bonds. The molecular formula is C24H33N3O5S. The van der Waals surface area contributed by atoms with Crippen molar-refractivity contribution in [2.45, 2.75) is 96.3 Å². The molecule has 2 aromatic rings. The number of hydrogen-bond donors (Lipinski definition) is 1. The molecule has 1 N–H and O–H groups in total. The van der Waals surface area contributed by atoms with Gasteiger partial charge in [0.05, 0.1) is 18.4 Å². The molecule has 1 saturated carbocycles. The van der Waals surface area contributed by atoms with Gasteiger partial charge in [0.1, 0.15) is 22.9 Å². The normalized spacial score (nSPS) is 22.6. The van der Waals surface area contributed by atoms with E-state index in [4.69, 9.17) is 14.2 Å². The molecule has 1 unspecified atom stereocenters. The van der Waals surface area contributed by atoms with Crippen molar-refractivity contribution in [1.29, 1.82) is 0 Å². The van der Waals surface area contributed by atoms with Crippen molar-refractivity contribution in [2.24, 2.45) is 0 Å². The molecule has 8 nitrogen and oxygen atoms in total. The van der Waals surface area contributed by atoms with Gasteiger partial charge in [-0.25, -0.2) is 14.8 Å². The van der Waals surface area contributed by atoms with Crippen LogP contribution in [0, 0.1) is 0 Å². The molecule has 1 fully saturated rings. The van der Waals surface area contributed by atoms with E-state index in [2.05, 4.69) is 15.3 Å². The van der Waals surface area contributed by atoms with Gasteiger partial charge in [-0.1, -0.05) is 0 Å². The Morgan fingerprint density at radius 3 is 2.61 bits per heavy atom. The summed E-state index contributed by atoms with van der Waals surface area (Å²) < 4.78 is 16.9. The van der Waals surface area contributed by atoms with E-state index in [9.17, 15) is 9.59 Å². The summed E-state index contributed by atoms with van der Waals surface area (Å²) in [5.41, 5.74) is 0.660. The highest BCUT2D eigenvalue weighted by atomic mass is 32.1. The van der Waals surface area contributed by atoms with E-state index in [-0.39, 0.29) is 30.1 Å². The van der Waals surface area contributed by atoms with Gasteiger partial charge in [0.25, 0.3) is 0 Å². The summed E-state index contributed by atoms with van der Waals surface area (Å²) in [5.74, 6) is 0.566. The zero-order valence-corrected chi connectivity index (χ0v) is 20.6. The third-order valence-electron chi connectivity index (χ3n) is 6.09. The van der Waals surface area contributed by atoms with Crippen LogP contribution >= 0.6 is 11.3 Å². The Labute approximate surface area is 198 Å². The fraction of sp³-hybridized carbons (Fsp3) is 0.667. The molecule has 4 rings (SSSR count). The minimum Gasteiger partial charge on any atom is -0.474 e. The van der Waals surface area contributed by atoms with Crippen LogP contribution in [0.2, 0.25) is 0 Å². The number of carbonyl (C=O) groups excluding carboxylic acids is 2. The van der Waals surface area contributed by atoms with E-state index in [1.165, 1.54) is 10.4 Å². The van der Waals surface area contributed by atoms with Crippen LogP contribution in [0.15, 0.2) is 6.33 Å². The fourth-order valence-corrected chi connectivity index (χ4v) is 5.94. The topological polar surface area (TPSA) is 99.6 Å². The average Bonchev–Trinajstić information content (AvgIpc) is 3.28. The van der Waals surface area contributed by atoms with Crippen molar-refractivity contribution in [1.82, 2.24) is 15.3 Å². The first-order valence-electron chi connectivity index (χ1n) is 11.8. The number of carbonyl (C=O) groups is 2. The number of aromatic nitrogens is 2. The van der Waals surface area contributed by atoms with E-state index in [0.717, 1.165) is 48.7 Å². The molecule has 2 aromatic heterocycles. The molecule has 2 aliphatic carbocycles. The molecule has 0 aliphatic heterocycles. The second kappa shape index (κ2) is 9.83. The Hall–Kier alpha value is -2.42. The molecule has 2 aliphatic rings. The van der Waals surface area contributed by atoms with E-state index in [1.54, 1.807) is 17.7 Å². The standard InChI is InChI=1S/C24H33N3O5S/c1-5-30-18(28)12-14-6-11-17-19(14)20-21(25-13-26-22(20)33-17)31-16-9-7-15(8-10-16)27-23(29)32-24(2,3)4/h13-16H,5-12H2,1-4H3,(H,27,29). The maximum atomic E-state index is 12.1. The summed E-state index contributed by atoms with van der Waals surface area (Å²) in [4.78, 5) is 35.3. The van der Waals surface area contributed by atoms with E-state index >= 15 is 0 Å². The molecule has 9 heteroatoms. The van der Waals surface area contributed by atoms with Gasteiger partial charge in [0, 0.05) is 10.9 Å². The van der Waals surface area contributed by atoms with Crippen LogP contribution in [0.25, 0.3) is 10.2 Å². The Morgan fingerprint density at radius 2 is 1.91 bits per heavy atom. The maximum absolute atomic E-state index is 12.1. The SMILES string of the molecule is CCOC(=O)CC1CCc2sc3ncnc(OC4CCC(NC(=O)OC(C)(C)C)CC4)c3c21. The Morgan fingerprint density at radius 1 is 1.15 bits per heavy atom. The average molecular weight is 476 g/mol. The van der Waals surface area contributed by atoms with Crippen LogP contribution < -0.4 is 10.1 Å². The van der Waals surface area contributed by atoms with Crippen LogP contribution in [0.5, 0.6) is 5.88 Å². The summed E-state index contributed by atoms with van der Waals surface area (Å²) in [6, 6.07) is 0.0875. The van der Waals surface area contributed by atoms with Gasteiger partial charge in [-0.05, 0) is 77.7 Å². The molecule has 33 heavy (non-hydrogen) atoms. The molecule has 0 bridgehead atoms. The Kier molecular flexibility index (Phi) is 7.07. The van der Waals surface area contributed by atoms with Crippen LogP contribution in [0.4, 0.5) is 4.79 Å². The van der Waals surface area contributed by atoms with Crippen molar-refractivity contribution < 1.29 is 23.8 Å². The highest BCUT2D eigenvalue weighted by Crippen LogP contribution is 2.47. The third kappa shape index (κ3) is 5.75. The lowest BCUT2D eigenvalue weighted by Crippen LogP contribution is -2.42. The number of alkyl carbamates (subject to hydrolysis) is 1. The Bertz CT molecular complexity index is 1010. The summed E-state index contributed by atoms with van der Waals surface area (Å²) in [6.07, 6.45) is 6.77. The van der Waals surface area contributed by atoms with E-state index < -0.39 is 5.60 Å². The predicted molar refractivity (Wildman–Crippen MR) is 126 cm³/mol. The van der Waals surface area contributed by atoms with Crippen LogP contribution in [0.3, 0.4) is 0 Å². The molecular weight excluding hydrogens is 442 g/mol. The summed E-state index contributed by atoms with van der Waals surface area (Å²) >= 11 is 1.67. The number of nitrogens with one attached hydrogen (secondary N) is 1. The highest BCUT2D eigenvalue weighted by Gasteiger charge is 2.33. The molecule has 2 heterocycles. The van der Waals surface area contributed by atoms with Crippen molar-refractivity contribution in [3.8, 4) is 5.88 Å². The summed E-state index contributed by atoms with van der Waals surface area (Å²) in [7, 11) is 0. The van der Waals surface area contributed by atoms with Crippen molar-refractivity contribution in [3.63, 3.8) is 0 Å². The largest absolute Gasteiger partial charge is 0.474 e. The number of thiophene rings is 1. The second-order valence-electron chi connectivity index (χ2n) is 9.78. The quantitative estimate of drug-likeness (QED) is 0.594. The molecule has 180 valence electrons. The zero-order chi connectivity index (χ0) is 23.6. The molecule has 0 radical (unpaired) electrons. The monoisotopic (exact) mass is 475 g/mol. The molecule has 0 saturated heterocycles. The number of rotatable bonds is 6. The number of ether oxygens (including phenoxy) is 3. The van der Waals surface area contributed by atoms with E-state index in [0.29, 0.717) is 18.9 Å². The number of aryl methyl sites for hydroxylation is 1. The van der Waals surface area contributed by atoms with Gasteiger partial charge >= 0.3 is 12.1 Å². The second-order valence-corrected chi connectivity index (χ2v) is 10.9. The lowest BCUT2D eigenvalue weighted by molar-refractivity contribution is -0.143. The van der Waals surface area contributed by atoms with Gasteiger partial charge in [-0.3, -0.25) is 4.79 Å². The third-order valence-corrected chi connectivity index (χ3v) is 7.26.